The van der Waals surface area contributed by atoms with E-state index >= 15 is 0 Å². The highest BCUT2D eigenvalue weighted by molar-refractivity contribution is 7.98. The van der Waals surface area contributed by atoms with Gasteiger partial charge in [-0.05, 0) is 43.0 Å². The van der Waals surface area contributed by atoms with Gasteiger partial charge >= 0.3 is 0 Å². The van der Waals surface area contributed by atoms with Gasteiger partial charge in [-0.2, -0.15) is 0 Å². The monoisotopic (exact) mass is 295 g/mol. The Kier molecular flexibility index (Phi) is 9.82. The van der Waals surface area contributed by atoms with Gasteiger partial charge in [0, 0.05) is 17.2 Å². The fourth-order valence-corrected chi connectivity index (χ4v) is 2.00. The molecule has 0 unspecified atom stereocenters. The Morgan fingerprint density at radius 3 is 2.15 bits per heavy atom. The highest BCUT2D eigenvalue weighted by Crippen LogP contribution is 2.16. The van der Waals surface area contributed by atoms with Crippen molar-refractivity contribution in [3.05, 3.63) is 29.8 Å². The average molecular weight is 295 g/mol. The number of aryl methyl sites for hydroxylation is 1. The van der Waals surface area contributed by atoms with Crippen molar-refractivity contribution in [2.75, 3.05) is 0 Å². The zero-order chi connectivity index (χ0) is 15.5. The molecular formula is C16H25NO2S. The SMILES string of the molecule is CC.CC(=O)CCc1ccc(SNC(=O)C(C)C)cc1. The van der Waals surface area contributed by atoms with Gasteiger partial charge in [0.15, 0.2) is 0 Å². The molecule has 0 aliphatic heterocycles. The molecular weight excluding hydrogens is 270 g/mol. The van der Waals surface area contributed by atoms with E-state index in [0.29, 0.717) is 6.42 Å². The van der Waals surface area contributed by atoms with Crippen molar-refractivity contribution in [2.45, 2.75) is 52.4 Å². The van der Waals surface area contributed by atoms with E-state index < -0.39 is 0 Å². The predicted octanol–water partition coefficient (Wildman–Crippen LogP) is 4.01. The number of rotatable bonds is 6. The van der Waals surface area contributed by atoms with E-state index in [9.17, 15) is 9.59 Å². The fourth-order valence-electron chi connectivity index (χ4n) is 1.27. The molecule has 0 spiro atoms. The summed E-state index contributed by atoms with van der Waals surface area (Å²) in [5.41, 5.74) is 1.14. The second-order valence-electron chi connectivity index (χ2n) is 4.57. The van der Waals surface area contributed by atoms with Crippen LogP contribution in [-0.4, -0.2) is 11.7 Å². The van der Waals surface area contributed by atoms with Crippen LogP contribution in [0.15, 0.2) is 29.2 Å². The normalized spacial score (nSPS) is 9.70. The molecule has 0 heterocycles. The Morgan fingerprint density at radius 1 is 1.15 bits per heavy atom. The van der Waals surface area contributed by atoms with Crippen molar-refractivity contribution in [3.8, 4) is 0 Å². The summed E-state index contributed by atoms with van der Waals surface area (Å²) in [6.45, 7) is 9.33. The first-order valence-electron chi connectivity index (χ1n) is 7.04. The van der Waals surface area contributed by atoms with Crippen LogP contribution in [0.4, 0.5) is 0 Å². The molecule has 1 N–H and O–H groups in total. The van der Waals surface area contributed by atoms with Gasteiger partial charge < -0.3 is 4.79 Å². The molecule has 0 bridgehead atoms. The molecule has 0 fully saturated rings. The molecule has 112 valence electrons. The van der Waals surface area contributed by atoms with E-state index in [2.05, 4.69) is 4.72 Å². The summed E-state index contributed by atoms with van der Waals surface area (Å²) in [7, 11) is 0. The molecule has 1 aromatic carbocycles. The third-order valence-electron chi connectivity index (χ3n) is 2.48. The van der Waals surface area contributed by atoms with Crippen LogP contribution in [0.2, 0.25) is 0 Å². The number of nitrogens with one attached hydrogen (secondary N) is 1. The van der Waals surface area contributed by atoms with E-state index in [1.807, 2.05) is 52.0 Å². The minimum atomic E-state index is -0.00709. The Labute approximate surface area is 126 Å². The summed E-state index contributed by atoms with van der Waals surface area (Å²) in [6.07, 6.45) is 1.36. The molecule has 0 saturated heterocycles. The fraction of sp³-hybridized carbons (Fsp3) is 0.500. The third kappa shape index (κ3) is 8.00. The van der Waals surface area contributed by atoms with Gasteiger partial charge in [-0.3, -0.25) is 9.52 Å². The Balaban J connectivity index is 0.00000172. The summed E-state index contributed by atoms with van der Waals surface area (Å²) >= 11 is 1.32. The second kappa shape index (κ2) is 10.5. The van der Waals surface area contributed by atoms with E-state index in [1.54, 1.807) is 6.92 Å². The van der Waals surface area contributed by atoms with Gasteiger partial charge in [0.05, 0.1) is 0 Å². The lowest BCUT2D eigenvalue weighted by Gasteiger charge is -2.07. The molecule has 0 radical (unpaired) electrons. The van der Waals surface area contributed by atoms with Gasteiger partial charge in [-0.1, -0.05) is 39.8 Å². The Hall–Kier alpha value is -1.29. The number of Topliss-reactive ketones (excluding diaryl/α,β-unsaturated/α-hetero) is 1. The molecule has 1 amide bonds. The lowest BCUT2D eigenvalue weighted by Crippen LogP contribution is -2.21. The first-order chi connectivity index (χ1) is 9.49. The van der Waals surface area contributed by atoms with Crippen LogP contribution < -0.4 is 4.72 Å². The predicted molar refractivity (Wildman–Crippen MR) is 85.6 cm³/mol. The zero-order valence-electron chi connectivity index (χ0n) is 13.0. The number of hydrogen-bond acceptors (Lipinski definition) is 3. The summed E-state index contributed by atoms with van der Waals surface area (Å²) in [5.74, 6) is 0.227. The average Bonchev–Trinajstić information content (AvgIpc) is 2.45. The second-order valence-corrected chi connectivity index (χ2v) is 5.45. The molecule has 4 heteroatoms. The highest BCUT2D eigenvalue weighted by Gasteiger charge is 2.06. The summed E-state index contributed by atoms with van der Waals surface area (Å²) in [4.78, 5) is 23.3. The lowest BCUT2D eigenvalue weighted by molar-refractivity contribution is -0.122. The molecule has 3 nitrogen and oxygen atoms in total. The van der Waals surface area contributed by atoms with Crippen molar-refractivity contribution in [1.82, 2.24) is 4.72 Å². The lowest BCUT2D eigenvalue weighted by atomic mass is 10.1. The summed E-state index contributed by atoms with van der Waals surface area (Å²) in [5, 5.41) is 0. The Morgan fingerprint density at radius 2 is 1.70 bits per heavy atom. The maximum absolute atomic E-state index is 11.4. The number of ketones is 1. The van der Waals surface area contributed by atoms with E-state index in [4.69, 9.17) is 0 Å². The minimum absolute atomic E-state index is 0.00709. The first kappa shape index (κ1) is 18.7. The first-order valence-corrected chi connectivity index (χ1v) is 7.85. The van der Waals surface area contributed by atoms with Crippen LogP contribution >= 0.6 is 11.9 Å². The molecule has 0 saturated carbocycles. The van der Waals surface area contributed by atoms with Crippen LogP contribution in [0.25, 0.3) is 0 Å². The number of amides is 1. The van der Waals surface area contributed by atoms with Crippen LogP contribution in [0.1, 0.15) is 46.6 Å². The molecule has 0 aromatic heterocycles. The molecule has 0 aliphatic rings. The third-order valence-corrected chi connectivity index (χ3v) is 3.29. The molecule has 20 heavy (non-hydrogen) atoms. The molecule has 1 aromatic rings. The number of carbonyl (C=O) groups is 2. The van der Waals surface area contributed by atoms with Crippen LogP contribution in [0, 0.1) is 5.92 Å². The maximum Gasteiger partial charge on any atom is 0.232 e. The summed E-state index contributed by atoms with van der Waals surface area (Å²) < 4.78 is 2.79. The smallest absolute Gasteiger partial charge is 0.232 e. The topological polar surface area (TPSA) is 46.2 Å². The van der Waals surface area contributed by atoms with Crippen LogP contribution in [-0.2, 0) is 16.0 Å². The van der Waals surface area contributed by atoms with Crippen molar-refractivity contribution < 1.29 is 9.59 Å². The molecule has 0 aliphatic carbocycles. The van der Waals surface area contributed by atoms with E-state index in [-0.39, 0.29) is 17.6 Å². The van der Waals surface area contributed by atoms with Crippen molar-refractivity contribution in [3.63, 3.8) is 0 Å². The molecule has 1 rings (SSSR count). The largest absolute Gasteiger partial charge is 0.300 e. The van der Waals surface area contributed by atoms with Gasteiger partial charge in [-0.15, -0.1) is 0 Å². The molecule has 0 atom stereocenters. The highest BCUT2D eigenvalue weighted by atomic mass is 32.2. The van der Waals surface area contributed by atoms with Gasteiger partial charge in [0.2, 0.25) is 5.91 Å². The van der Waals surface area contributed by atoms with Crippen LogP contribution in [0.3, 0.4) is 0 Å². The minimum Gasteiger partial charge on any atom is -0.300 e. The number of benzene rings is 1. The van der Waals surface area contributed by atoms with Gasteiger partial charge in [0.25, 0.3) is 0 Å². The standard InChI is InChI=1S/C14H19NO2S.C2H6/c1-10(2)14(17)15-18-13-8-6-12(7-9-13)5-4-11(3)16;1-2/h6-10H,4-5H2,1-3H3,(H,15,17);1-2H3. The maximum atomic E-state index is 11.4. The van der Waals surface area contributed by atoms with Gasteiger partial charge in [-0.25, -0.2) is 0 Å². The van der Waals surface area contributed by atoms with Crippen molar-refractivity contribution >= 4 is 23.6 Å². The quantitative estimate of drug-likeness (QED) is 0.806. The summed E-state index contributed by atoms with van der Waals surface area (Å²) in [6, 6.07) is 7.90. The number of carbonyl (C=O) groups excluding carboxylic acids is 2. The number of hydrogen-bond donors (Lipinski definition) is 1. The Bertz CT molecular complexity index is 413. The zero-order valence-corrected chi connectivity index (χ0v) is 13.8. The van der Waals surface area contributed by atoms with Crippen molar-refractivity contribution in [2.24, 2.45) is 5.92 Å². The van der Waals surface area contributed by atoms with Crippen molar-refractivity contribution in [1.29, 1.82) is 0 Å². The van der Waals surface area contributed by atoms with E-state index in [0.717, 1.165) is 16.9 Å². The van der Waals surface area contributed by atoms with Crippen LogP contribution in [0.5, 0.6) is 0 Å². The van der Waals surface area contributed by atoms with E-state index in [1.165, 1.54) is 11.9 Å². The van der Waals surface area contributed by atoms with Gasteiger partial charge in [0.1, 0.15) is 5.78 Å².